The van der Waals surface area contributed by atoms with Crippen molar-refractivity contribution in [3.63, 3.8) is 0 Å². The van der Waals surface area contributed by atoms with Crippen LogP contribution >= 0.6 is 11.8 Å². The van der Waals surface area contributed by atoms with Gasteiger partial charge in [0, 0.05) is 0 Å². The summed E-state index contributed by atoms with van der Waals surface area (Å²) in [5.41, 5.74) is 0. The van der Waals surface area contributed by atoms with Crippen molar-refractivity contribution in [3.8, 4) is 0 Å². The number of carbonyl (C=O) groups is 2. The SMILES string of the molecule is C=CCOC(=O)CSC1CC(=O)N1. The lowest BCUT2D eigenvalue weighted by Gasteiger charge is -2.25. The van der Waals surface area contributed by atoms with Crippen molar-refractivity contribution < 1.29 is 14.3 Å². The molecule has 1 saturated heterocycles. The van der Waals surface area contributed by atoms with E-state index in [1.807, 2.05) is 0 Å². The molecule has 1 rings (SSSR count). The normalized spacial score (nSPS) is 20.0. The van der Waals surface area contributed by atoms with Crippen LogP contribution in [0.1, 0.15) is 6.42 Å². The van der Waals surface area contributed by atoms with Crippen LogP contribution in [0.2, 0.25) is 0 Å². The standard InChI is InChI=1S/C8H11NO3S/c1-2-3-12-8(11)5-13-7-4-6(10)9-7/h2,7H,1,3-5H2,(H,9,10). The second kappa shape index (κ2) is 4.91. The molecule has 5 heteroatoms. The monoisotopic (exact) mass is 201 g/mol. The maximum absolute atomic E-state index is 10.9. The van der Waals surface area contributed by atoms with Gasteiger partial charge in [0.25, 0.3) is 0 Å². The molecule has 1 atom stereocenters. The van der Waals surface area contributed by atoms with E-state index in [1.54, 1.807) is 0 Å². The van der Waals surface area contributed by atoms with Crippen LogP contribution in [-0.4, -0.2) is 29.6 Å². The Morgan fingerprint density at radius 3 is 3.08 bits per heavy atom. The third kappa shape index (κ3) is 3.50. The Bertz CT molecular complexity index is 221. The van der Waals surface area contributed by atoms with E-state index in [2.05, 4.69) is 11.9 Å². The van der Waals surface area contributed by atoms with E-state index >= 15 is 0 Å². The van der Waals surface area contributed by atoms with E-state index in [0.717, 1.165) is 0 Å². The number of rotatable bonds is 5. The predicted molar refractivity (Wildman–Crippen MR) is 50.2 cm³/mol. The van der Waals surface area contributed by atoms with Crippen LogP contribution < -0.4 is 5.32 Å². The third-order valence-electron chi connectivity index (χ3n) is 1.46. The number of amides is 1. The molecule has 1 unspecified atom stereocenters. The summed E-state index contributed by atoms with van der Waals surface area (Å²) in [5, 5.41) is 2.74. The van der Waals surface area contributed by atoms with Gasteiger partial charge in [0.15, 0.2) is 0 Å². The summed E-state index contributed by atoms with van der Waals surface area (Å²) >= 11 is 1.38. The highest BCUT2D eigenvalue weighted by Gasteiger charge is 2.26. The highest BCUT2D eigenvalue weighted by molar-refractivity contribution is 8.00. The quantitative estimate of drug-likeness (QED) is 0.395. The molecule has 1 amide bonds. The van der Waals surface area contributed by atoms with Crippen molar-refractivity contribution >= 4 is 23.6 Å². The molecule has 13 heavy (non-hydrogen) atoms. The number of carbonyl (C=O) groups excluding carboxylic acids is 2. The van der Waals surface area contributed by atoms with Crippen molar-refractivity contribution in [1.29, 1.82) is 0 Å². The van der Waals surface area contributed by atoms with Crippen molar-refractivity contribution in [3.05, 3.63) is 12.7 Å². The van der Waals surface area contributed by atoms with Gasteiger partial charge in [0.1, 0.15) is 6.61 Å². The van der Waals surface area contributed by atoms with Crippen molar-refractivity contribution in [1.82, 2.24) is 5.32 Å². The van der Waals surface area contributed by atoms with Gasteiger partial charge >= 0.3 is 5.97 Å². The molecular formula is C8H11NO3S. The molecule has 4 nitrogen and oxygen atoms in total. The van der Waals surface area contributed by atoms with E-state index in [1.165, 1.54) is 17.8 Å². The highest BCUT2D eigenvalue weighted by Crippen LogP contribution is 2.18. The average molecular weight is 201 g/mol. The van der Waals surface area contributed by atoms with Crippen LogP contribution in [0.4, 0.5) is 0 Å². The zero-order valence-corrected chi connectivity index (χ0v) is 7.93. The number of hydrogen-bond acceptors (Lipinski definition) is 4. The number of β-lactam (4-membered cyclic amide) rings is 1. The molecule has 0 bridgehead atoms. The lowest BCUT2D eigenvalue weighted by atomic mass is 10.3. The summed E-state index contributed by atoms with van der Waals surface area (Å²) in [6.07, 6.45) is 2.02. The van der Waals surface area contributed by atoms with Crippen LogP contribution in [0.3, 0.4) is 0 Å². The Morgan fingerprint density at radius 1 is 1.85 bits per heavy atom. The molecule has 0 saturated carbocycles. The minimum atomic E-state index is -0.272. The molecule has 0 radical (unpaired) electrons. The fourth-order valence-corrected chi connectivity index (χ4v) is 1.69. The van der Waals surface area contributed by atoms with E-state index in [4.69, 9.17) is 4.74 Å². The summed E-state index contributed by atoms with van der Waals surface area (Å²) < 4.78 is 4.75. The molecule has 1 N–H and O–H groups in total. The van der Waals surface area contributed by atoms with E-state index in [-0.39, 0.29) is 29.6 Å². The first-order chi connectivity index (χ1) is 6.22. The van der Waals surface area contributed by atoms with Gasteiger partial charge in [-0.3, -0.25) is 9.59 Å². The van der Waals surface area contributed by atoms with E-state index in [9.17, 15) is 9.59 Å². The van der Waals surface area contributed by atoms with Crippen LogP contribution in [0.5, 0.6) is 0 Å². The smallest absolute Gasteiger partial charge is 0.316 e. The van der Waals surface area contributed by atoms with E-state index < -0.39 is 0 Å². The highest BCUT2D eigenvalue weighted by atomic mass is 32.2. The first-order valence-corrected chi connectivity index (χ1v) is 4.94. The summed E-state index contributed by atoms with van der Waals surface area (Å²) in [6.45, 7) is 3.67. The van der Waals surface area contributed by atoms with Crippen LogP contribution in [0.25, 0.3) is 0 Å². The van der Waals surface area contributed by atoms with Gasteiger partial charge in [0.2, 0.25) is 5.91 Å². The number of thioether (sulfide) groups is 1. The molecule has 0 aromatic rings. The molecule has 0 aliphatic carbocycles. The number of ether oxygens (including phenoxy) is 1. The van der Waals surface area contributed by atoms with Gasteiger partial charge in [-0.05, 0) is 0 Å². The van der Waals surface area contributed by atoms with Crippen LogP contribution in [0.15, 0.2) is 12.7 Å². The maximum Gasteiger partial charge on any atom is 0.316 e. The molecule has 0 spiro atoms. The third-order valence-corrected chi connectivity index (χ3v) is 2.55. The Labute approximate surface area is 80.7 Å². The topological polar surface area (TPSA) is 55.4 Å². The lowest BCUT2D eigenvalue weighted by molar-refractivity contribution is -0.139. The fraction of sp³-hybridized carbons (Fsp3) is 0.500. The molecule has 1 heterocycles. The Morgan fingerprint density at radius 2 is 2.54 bits per heavy atom. The second-order valence-corrected chi connectivity index (χ2v) is 3.73. The van der Waals surface area contributed by atoms with Gasteiger partial charge < -0.3 is 10.1 Å². The summed E-state index contributed by atoms with van der Waals surface area (Å²) in [5.74, 6) is 0.0432. The van der Waals surface area contributed by atoms with Gasteiger partial charge in [0.05, 0.1) is 17.5 Å². The largest absolute Gasteiger partial charge is 0.461 e. The number of nitrogens with one attached hydrogen (secondary N) is 1. The summed E-state index contributed by atoms with van der Waals surface area (Å²) in [4.78, 5) is 21.4. The zero-order chi connectivity index (χ0) is 9.68. The zero-order valence-electron chi connectivity index (χ0n) is 7.12. The minimum absolute atomic E-state index is 0.0389. The molecular weight excluding hydrogens is 190 g/mol. The molecule has 72 valence electrons. The van der Waals surface area contributed by atoms with E-state index in [0.29, 0.717) is 6.42 Å². The summed E-state index contributed by atoms with van der Waals surface area (Å²) in [7, 11) is 0. The Kier molecular flexibility index (Phi) is 3.82. The van der Waals surface area contributed by atoms with Gasteiger partial charge in [-0.15, -0.1) is 11.8 Å². The van der Waals surface area contributed by atoms with Crippen molar-refractivity contribution in [2.75, 3.05) is 12.4 Å². The first kappa shape index (κ1) is 10.1. The number of hydrogen-bond donors (Lipinski definition) is 1. The minimum Gasteiger partial charge on any atom is -0.461 e. The molecule has 0 aromatic carbocycles. The van der Waals surface area contributed by atoms with Gasteiger partial charge in [-0.25, -0.2) is 0 Å². The summed E-state index contributed by atoms with van der Waals surface area (Å²) in [6, 6.07) is 0. The number of esters is 1. The molecule has 1 fully saturated rings. The van der Waals surface area contributed by atoms with Crippen molar-refractivity contribution in [2.45, 2.75) is 11.8 Å². The van der Waals surface area contributed by atoms with Gasteiger partial charge in [-0.2, -0.15) is 0 Å². The molecule has 1 aliphatic rings. The average Bonchev–Trinajstić information content (AvgIpc) is 2.07. The van der Waals surface area contributed by atoms with Gasteiger partial charge in [-0.1, -0.05) is 12.7 Å². The fourth-order valence-electron chi connectivity index (χ4n) is 0.790. The second-order valence-electron chi connectivity index (χ2n) is 2.54. The lowest BCUT2D eigenvalue weighted by Crippen LogP contribution is -2.46. The predicted octanol–water partition coefficient (Wildman–Crippen LogP) is 0.295. The maximum atomic E-state index is 10.9. The Hall–Kier alpha value is -0.970. The molecule has 0 aromatic heterocycles. The molecule has 1 aliphatic heterocycles. The Balaban J connectivity index is 2.02. The van der Waals surface area contributed by atoms with Crippen molar-refractivity contribution in [2.24, 2.45) is 0 Å². The van der Waals surface area contributed by atoms with Crippen LogP contribution in [-0.2, 0) is 14.3 Å². The first-order valence-electron chi connectivity index (χ1n) is 3.90. The van der Waals surface area contributed by atoms with Crippen LogP contribution in [0, 0.1) is 0 Å².